The number of fused-ring (bicyclic) bond motifs is 1. The molecular formula is C12H18N6O5. The van der Waals surface area contributed by atoms with Gasteiger partial charge in [-0.15, -0.1) is 0 Å². The van der Waals surface area contributed by atoms with Gasteiger partial charge in [0.05, 0.1) is 12.9 Å². The number of hydrogen-bond donors (Lipinski definition) is 4. The van der Waals surface area contributed by atoms with Crippen molar-refractivity contribution in [3.05, 3.63) is 16.7 Å². The number of nitrogens with one attached hydrogen (secondary N) is 2. The number of nitrogen functional groups attached to an aromatic ring is 1. The first-order chi connectivity index (χ1) is 11.1. The highest BCUT2D eigenvalue weighted by Gasteiger charge is 2.45. The summed E-state index contributed by atoms with van der Waals surface area (Å²) in [6, 6.07) is 0. The number of aliphatic hydroxyl groups is 1. The van der Waals surface area contributed by atoms with Gasteiger partial charge in [0.25, 0.3) is 5.56 Å². The zero-order valence-corrected chi connectivity index (χ0v) is 12.6. The van der Waals surface area contributed by atoms with Gasteiger partial charge in [-0.3, -0.25) is 19.8 Å². The van der Waals surface area contributed by atoms with E-state index in [1.54, 1.807) is 0 Å². The highest BCUT2D eigenvalue weighted by molar-refractivity contribution is 5.70. The van der Waals surface area contributed by atoms with E-state index in [1.165, 1.54) is 25.1 Å². The third-order valence-corrected chi connectivity index (χ3v) is 3.76. The Morgan fingerprint density at radius 1 is 1.57 bits per heavy atom. The van der Waals surface area contributed by atoms with Crippen molar-refractivity contribution in [2.24, 2.45) is 5.84 Å². The standard InChI is InChI=1S/C12H18N6O5/c1-21-3-5-8(22-2)7(19)11(23-5)18-4-14-6-9(18)15-12(17-13)16-10(6)20/h4-5,7-8,11,19H,3,13H2,1-2H3,(H2,15,16,17,20). The van der Waals surface area contributed by atoms with E-state index in [0.717, 1.165) is 0 Å². The molecule has 126 valence electrons. The van der Waals surface area contributed by atoms with Gasteiger partial charge >= 0.3 is 0 Å². The van der Waals surface area contributed by atoms with Crippen LogP contribution in [0.1, 0.15) is 6.23 Å². The first-order valence-corrected chi connectivity index (χ1v) is 6.89. The van der Waals surface area contributed by atoms with Crippen molar-refractivity contribution in [1.82, 2.24) is 19.5 Å². The highest BCUT2D eigenvalue weighted by Crippen LogP contribution is 2.32. The number of hydrogen-bond acceptors (Lipinski definition) is 9. The maximum Gasteiger partial charge on any atom is 0.280 e. The summed E-state index contributed by atoms with van der Waals surface area (Å²) in [5.74, 6) is 5.36. The lowest BCUT2D eigenvalue weighted by Gasteiger charge is -2.18. The number of hydrazine groups is 1. The average Bonchev–Trinajstić information content (AvgIpc) is 3.09. The Labute approximate surface area is 130 Å². The molecule has 1 aliphatic heterocycles. The summed E-state index contributed by atoms with van der Waals surface area (Å²) in [7, 11) is 3.01. The van der Waals surface area contributed by atoms with Gasteiger partial charge in [0, 0.05) is 14.2 Å². The van der Waals surface area contributed by atoms with E-state index in [4.69, 9.17) is 20.1 Å². The van der Waals surface area contributed by atoms with Crippen LogP contribution in [0.5, 0.6) is 0 Å². The molecule has 1 aliphatic rings. The molecule has 2 aromatic heterocycles. The molecule has 0 saturated carbocycles. The predicted molar refractivity (Wildman–Crippen MR) is 78.5 cm³/mol. The van der Waals surface area contributed by atoms with Crippen molar-refractivity contribution < 1.29 is 19.3 Å². The van der Waals surface area contributed by atoms with Gasteiger partial charge in [-0.2, -0.15) is 4.98 Å². The van der Waals surface area contributed by atoms with Crippen LogP contribution in [0.4, 0.5) is 5.95 Å². The van der Waals surface area contributed by atoms with Crippen molar-refractivity contribution >= 4 is 17.1 Å². The molecule has 0 aliphatic carbocycles. The molecule has 0 amide bonds. The van der Waals surface area contributed by atoms with Crippen LogP contribution in [0.2, 0.25) is 0 Å². The Morgan fingerprint density at radius 3 is 3.00 bits per heavy atom. The Hall–Kier alpha value is -2.05. The minimum absolute atomic E-state index is 0.0773. The van der Waals surface area contributed by atoms with E-state index in [9.17, 15) is 9.90 Å². The van der Waals surface area contributed by atoms with Crippen LogP contribution in [-0.2, 0) is 14.2 Å². The molecule has 1 saturated heterocycles. The molecule has 3 heterocycles. The van der Waals surface area contributed by atoms with Crippen LogP contribution >= 0.6 is 0 Å². The SMILES string of the molecule is COCC1OC(n2cnc3c(=O)[nH]c(NN)nc32)C(O)C1OC. The summed E-state index contributed by atoms with van der Waals surface area (Å²) < 4.78 is 17.6. The molecular weight excluding hydrogens is 308 g/mol. The number of ether oxygens (including phenoxy) is 3. The number of rotatable bonds is 5. The van der Waals surface area contributed by atoms with Crippen LogP contribution in [0.3, 0.4) is 0 Å². The van der Waals surface area contributed by atoms with E-state index in [-0.39, 0.29) is 23.7 Å². The fraction of sp³-hybridized carbons (Fsp3) is 0.583. The first-order valence-electron chi connectivity index (χ1n) is 6.89. The summed E-state index contributed by atoms with van der Waals surface area (Å²) in [4.78, 5) is 22.6. The van der Waals surface area contributed by atoms with Crippen molar-refractivity contribution in [2.45, 2.75) is 24.5 Å². The molecule has 0 bridgehead atoms. The largest absolute Gasteiger partial charge is 0.386 e. The fourth-order valence-corrected chi connectivity index (χ4v) is 2.72. The molecule has 11 heteroatoms. The Kier molecular flexibility index (Phi) is 4.28. The maximum absolute atomic E-state index is 11.9. The topological polar surface area (TPSA) is 150 Å². The van der Waals surface area contributed by atoms with Crippen LogP contribution < -0.4 is 16.8 Å². The molecule has 11 nitrogen and oxygen atoms in total. The highest BCUT2D eigenvalue weighted by atomic mass is 16.6. The summed E-state index contributed by atoms with van der Waals surface area (Å²) in [5, 5.41) is 10.5. The van der Waals surface area contributed by atoms with Crippen molar-refractivity contribution in [2.75, 3.05) is 26.3 Å². The van der Waals surface area contributed by atoms with Crippen LogP contribution in [0.25, 0.3) is 11.2 Å². The minimum Gasteiger partial charge on any atom is -0.386 e. The van der Waals surface area contributed by atoms with Crippen LogP contribution in [0.15, 0.2) is 11.1 Å². The number of H-pyrrole nitrogens is 1. The number of aromatic nitrogens is 4. The van der Waals surface area contributed by atoms with Gasteiger partial charge in [-0.1, -0.05) is 0 Å². The van der Waals surface area contributed by atoms with Gasteiger partial charge in [0.2, 0.25) is 5.95 Å². The number of imidazole rings is 1. The summed E-state index contributed by atoms with van der Waals surface area (Å²) in [6.45, 7) is 0.252. The lowest BCUT2D eigenvalue weighted by atomic mass is 10.1. The predicted octanol–water partition coefficient (Wildman–Crippen LogP) is -1.68. The maximum atomic E-state index is 11.9. The van der Waals surface area contributed by atoms with Gasteiger partial charge < -0.3 is 19.3 Å². The summed E-state index contributed by atoms with van der Waals surface area (Å²) in [5.41, 5.74) is 2.17. The van der Waals surface area contributed by atoms with E-state index >= 15 is 0 Å². The molecule has 5 N–H and O–H groups in total. The van der Waals surface area contributed by atoms with Gasteiger partial charge in [0.15, 0.2) is 17.4 Å². The third kappa shape index (κ3) is 2.58. The second-order valence-corrected chi connectivity index (χ2v) is 5.09. The van der Waals surface area contributed by atoms with Gasteiger partial charge in [-0.05, 0) is 0 Å². The number of nitrogens with two attached hydrogens (primary N) is 1. The Balaban J connectivity index is 2.03. The number of aromatic amines is 1. The van der Waals surface area contributed by atoms with Crippen LogP contribution in [-0.4, -0.2) is 63.8 Å². The van der Waals surface area contributed by atoms with Crippen LogP contribution in [0, 0.1) is 0 Å². The van der Waals surface area contributed by atoms with Crippen molar-refractivity contribution in [1.29, 1.82) is 0 Å². The van der Waals surface area contributed by atoms with Crippen molar-refractivity contribution in [3.8, 4) is 0 Å². The molecule has 0 spiro atoms. The van der Waals surface area contributed by atoms with Crippen molar-refractivity contribution in [3.63, 3.8) is 0 Å². The zero-order chi connectivity index (χ0) is 16.6. The fourth-order valence-electron chi connectivity index (χ4n) is 2.72. The lowest BCUT2D eigenvalue weighted by molar-refractivity contribution is -0.0612. The first kappa shape index (κ1) is 15.8. The van der Waals surface area contributed by atoms with Gasteiger partial charge in [0.1, 0.15) is 18.3 Å². The quantitative estimate of drug-likeness (QED) is 0.373. The molecule has 1 fully saturated rings. The second-order valence-electron chi connectivity index (χ2n) is 5.09. The lowest BCUT2D eigenvalue weighted by Crippen LogP contribution is -2.35. The minimum atomic E-state index is -0.979. The molecule has 2 aromatic rings. The van der Waals surface area contributed by atoms with Gasteiger partial charge in [-0.25, -0.2) is 10.8 Å². The van der Waals surface area contributed by atoms with E-state index < -0.39 is 30.1 Å². The smallest absolute Gasteiger partial charge is 0.280 e. The average molecular weight is 326 g/mol. The molecule has 23 heavy (non-hydrogen) atoms. The summed E-state index contributed by atoms with van der Waals surface area (Å²) >= 11 is 0. The second kappa shape index (κ2) is 6.22. The molecule has 0 aromatic carbocycles. The molecule has 4 unspecified atom stereocenters. The molecule has 3 rings (SSSR count). The molecule has 4 atom stereocenters. The summed E-state index contributed by atoms with van der Waals surface area (Å²) in [6.07, 6.45) is -1.45. The zero-order valence-electron chi connectivity index (χ0n) is 12.6. The van der Waals surface area contributed by atoms with E-state index in [2.05, 4.69) is 20.4 Å². The van der Waals surface area contributed by atoms with E-state index in [0.29, 0.717) is 0 Å². The van der Waals surface area contributed by atoms with E-state index in [1.807, 2.05) is 0 Å². The third-order valence-electron chi connectivity index (χ3n) is 3.76. The Bertz CT molecular complexity index is 745. The number of methoxy groups -OCH3 is 2. The monoisotopic (exact) mass is 326 g/mol. The number of anilines is 1. The number of nitrogens with zero attached hydrogens (tertiary/aromatic N) is 3. The normalized spacial score (nSPS) is 27.7. The number of aliphatic hydroxyl groups excluding tert-OH is 1. The molecule has 0 radical (unpaired) electrons. The Morgan fingerprint density at radius 2 is 2.35 bits per heavy atom.